The quantitative estimate of drug-likeness (QED) is 0.367. The van der Waals surface area contributed by atoms with Crippen molar-refractivity contribution in [1.82, 2.24) is 4.90 Å². The average Bonchev–Trinajstić information content (AvgIpc) is 3.23. The van der Waals surface area contributed by atoms with Crippen molar-refractivity contribution in [2.45, 2.75) is 65.7 Å². The second-order valence-corrected chi connectivity index (χ2v) is 11.7. The Morgan fingerprint density at radius 1 is 1.03 bits per heavy atom. The van der Waals surface area contributed by atoms with Crippen molar-refractivity contribution in [2.75, 3.05) is 32.8 Å². The third-order valence-corrected chi connectivity index (χ3v) is 9.88. The first-order chi connectivity index (χ1) is 17.9. The molecule has 37 heavy (non-hydrogen) atoms. The van der Waals surface area contributed by atoms with Crippen LogP contribution in [0.1, 0.15) is 70.4 Å². The van der Waals surface area contributed by atoms with Crippen LogP contribution < -0.4 is 9.47 Å². The second kappa shape index (κ2) is 11.1. The lowest BCUT2D eigenvalue weighted by Gasteiger charge is -2.52. The fourth-order valence-electron chi connectivity index (χ4n) is 7.85. The van der Waals surface area contributed by atoms with Gasteiger partial charge in [-0.2, -0.15) is 0 Å². The third-order valence-electron chi connectivity index (χ3n) is 9.88. The zero-order valence-corrected chi connectivity index (χ0v) is 23.2. The summed E-state index contributed by atoms with van der Waals surface area (Å²) in [5.74, 6) is 4.98. The molecule has 0 spiro atoms. The van der Waals surface area contributed by atoms with Gasteiger partial charge < -0.3 is 19.5 Å². The molecular formula is C33H45NO3. The lowest BCUT2D eigenvalue weighted by molar-refractivity contribution is 0.0488. The van der Waals surface area contributed by atoms with E-state index in [2.05, 4.69) is 44.7 Å². The fraction of sp³-hybridized carbons (Fsp3) is 0.576. The highest BCUT2D eigenvalue weighted by Crippen LogP contribution is 2.63. The molecule has 0 aliphatic heterocycles. The van der Waals surface area contributed by atoms with Gasteiger partial charge in [-0.05, 0) is 128 Å². The molecule has 2 aromatic carbocycles. The van der Waals surface area contributed by atoms with Gasteiger partial charge in [0, 0.05) is 6.54 Å². The topological polar surface area (TPSA) is 41.9 Å². The summed E-state index contributed by atoms with van der Waals surface area (Å²) in [6, 6.07) is 14.2. The molecule has 3 aliphatic carbocycles. The first-order valence-electron chi connectivity index (χ1n) is 14.5. The van der Waals surface area contributed by atoms with E-state index in [-0.39, 0.29) is 5.41 Å². The minimum absolute atomic E-state index is 0.287. The number of hydrogen-bond acceptors (Lipinski definition) is 4. The van der Waals surface area contributed by atoms with Crippen LogP contribution in [0.4, 0.5) is 0 Å². The number of fused-ring (bicyclic) bond motifs is 5. The van der Waals surface area contributed by atoms with Crippen molar-refractivity contribution in [3.63, 3.8) is 0 Å². The first kappa shape index (κ1) is 26.2. The molecule has 2 saturated carbocycles. The normalized spacial score (nSPS) is 29.6. The lowest BCUT2D eigenvalue weighted by Crippen LogP contribution is -2.43. The van der Waals surface area contributed by atoms with E-state index < -0.39 is 0 Å². The van der Waals surface area contributed by atoms with Crippen molar-refractivity contribution in [2.24, 2.45) is 23.2 Å². The fourth-order valence-corrected chi connectivity index (χ4v) is 7.85. The molecule has 200 valence electrons. The minimum Gasteiger partial charge on any atom is -0.508 e. The van der Waals surface area contributed by atoms with Crippen LogP contribution in [-0.2, 0) is 6.42 Å². The molecule has 0 amide bonds. The zero-order valence-electron chi connectivity index (χ0n) is 23.2. The van der Waals surface area contributed by atoms with Gasteiger partial charge in [-0.3, -0.25) is 0 Å². The number of phenolic OH excluding ortho intramolecular Hbond substituents is 1. The number of phenols is 1. The summed E-state index contributed by atoms with van der Waals surface area (Å²) < 4.78 is 12.1. The standard InChI is InChI=1S/C33H45NO3/c1-5-34(6-2)18-20-37-28-11-9-27(10-12-28)36-19-16-25-7-14-31-32-23(3)21-24-22-26(35)8-13-29(24)30(32)15-17-33(25,31)4/h8-13,16,22-23,30-32,35H,5-7,14-15,17-21H2,1-4H3/b25-16+/t23-,30?,31?,32?,33?/m1/s1. The number of ether oxygens (including phenoxy) is 2. The predicted molar refractivity (Wildman–Crippen MR) is 151 cm³/mol. The van der Waals surface area contributed by atoms with Crippen LogP contribution in [0.25, 0.3) is 0 Å². The summed E-state index contributed by atoms with van der Waals surface area (Å²) in [7, 11) is 0. The van der Waals surface area contributed by atoms with E-state index in [4.69, 9.17) is 9.47 Å². The maximum atomic E-state index is 10.0. The highest BCUT2D eigenvalue weighted by Gasteiger charge is 2.54. The first-order valence-corrected chi connectivity index (χ1v) is 14.5. The molecule has 2 aromatic rings. The summed E-state index contributed by atoms with van der Waals surface area (Å²) in [5, 5.41) is 10.0. The van der Waals surface area contributed by atoms with Crippen molar-refractivity contribution >= 4 is 0 Å². The number of allylic oxidation sites excluding steroid dienone is 1. The number of benzene rings is 2. The summed E-state index contributed by atoms with van der Waals surface area (Å²) >= 11 is 0. The number of aromatic hydroxyl groups is 1. The number of rotatable bonds is 9. The van der Waals surface area contributed by atoms with Gasteiger partial charge in [0.15, 0.2) is 0 Å². The Bertz CT molecular complexity index is 1090. The molecule has 4 unspecified atom stereocenters. The SMILES string of the molecule is CCN(CC)CCOc1ccc(OC/C=C2\CCC3C4C(CCC23C)c2ccc(O)cc2C[C@H]4C)cc1. The lowest BCUT2D eigenvalue weighted by atomic mass is 9.52. The Hall–Kier alpha value is -2.46. The highest BCUT2D eigenvalue weighted by atomic mass is 16.5. The van der Waals surface area contributed by atoms with Crippen LogP contribution in [0.15, 0.2) is 54.1 Å². The van der Waals surface area contributed by atoms with Gasteiger partial charge in [0.05, 0.1) is 0 Å². The van der Waals surface area contributed by atoms with Gasteiger partial charge >= 0.3 is 0 Å². The van der Waals surface area contributed by atoms with E-state index in [0.29, 0.717) is 30.8 Å². The monoisotopic (exact) mass is 503 g/mol. The van der Waals surface area contributed by atoms with Crippen molar-refractivity contribution in [3.05, 3.63) is 65.2 Å². The summed E-state index contributed by atoms with van der Waals surface area (Å²) in [6.07, 6.45) is 8.46. The largest absolute Gasteiger partial charge is 0.508 e. The molecule has 4 nitrogen and oxygen atoms in total. The van der Waals surface area contributed by atoms with Crippen LogP contribution in [0.3, 0.4) is 0 Å². The van der Waals surface area contributed by atoms with E-state index in [1.807, 2.05) is 36.4 Å². The van der Waals surface area contributed by atoms with Crippen LogP contribution in [0.2, 0.25) is 0 Å². The molecule has 2 fully saturated rings. The van der Waals surface area contributed by atoms with E-state index >= 15 is 0 Å². The van der Waals surface area contributed by atoms with Crippen LogP contribution in [-0.4, -0.2) is 42.9 Å². The second-order valence-electron chi connectivity index (χ2n) is 11.7. The number of hydrogen-bond donors (Lipinski definition) is 1. The van der Waals surface area contributed by atoms with Crippen molar-refractivity contribution in [3.8, 4) is 17.2 Å². The number of nitrogens with zero attached hydrogens (tertiary/aromatic N) is 1. The van der Waals surface area contributed by atoms with Gasteiger partial charge in [-0.15, -0.1) is 0 Å². The van der Waals surface area contributed by atoms with Crippen LogP contribution in [0, 0.1) is 23.2 Å². The van der Waals surface area contributed by atoms with Crippen molar-refractivity contribution in [1.29, 1.82) is 0 Å². The van der Waals surface area contributed by atoms with E-state index in [1.165, 1.54) is 36.8 Å². The molecule has 0 aromatic heterocycles. The molecule has 1 N–H and O–H groups in total. The Morgan fingerprint density at radius 3 is 2.49 bits per heavy atom. The van der Waals surface area contributed by atoms with Crippen LogP contribution in [0.5, 0.6) is 17.2 Å². The smallest absolute Gasteiger partial charge is 0.120 e. The number of likely N-dealkylation sites (N-methyl/N-ethyl adjacent to an activating group) is 1. The highest BCUT2D eigenvalue weighted by molar-refractivity contribution is 5.41. The zero-order chi connectivity index (χ0) is 26.0. The summed E-state index contributed by atoms with van der Waals surface area (Å²) in [5.41, 5.74) is 4.77. The molecule has 0 bridgehead atoms. The van der Waals surface area contributed by atoms with Gasteiger partial charge in [0.2, 0.25) is 0 Å². The Labute approximate surface area is 223 Å². The van der Waals surface area contributed by atoms with Crippen molar-refractivity contribution < 1.29 is 14.6 Å². The van der Waals surface area contributed by atoms with Gasteiger partial charge in [0.1, 0.15) is 30.5 Å². The van der Waals surface area contributed by atoms with Gasteiger partial charge in [-0.1, -0.05) is 39.3 Å². The van der Waals surface area contributed by atoms with E-state index in [0.717, 1.165) is 49.4 Å². The van der Waals surface area contributed by atoms with E-state index in [9.17, 15) is 5.11 Å². The van der Waals surface area contributed by atoms with Gasteiger partial charge in [-0.25, -0.2) is 0 Å². The maximum absolute atomic E-state index is 10.0. The Morgan fingerprint density at radius 2 is 1.76 bits per heavy atom. The Kier molecular flexibility index (Phi) is 7.85. The maximum Gasteiger partial charge on any atom is 0.120 e. The Balaban J connectivity index is 1.19. The summed E-state index contributed by atoms with van der Waals surface area (Å²) in [6.45, 7) is 13.7. The van der Waals surface area contributed by atoms with Gasteiger partial charge in [0.25, 0.3) is 0 Å². The summed E-state index contributed by atoms with van der Waals surface area (Å²) in [4.78, 5) is 2.37. The molecular weight excluding hydrogens is 458 g/mol. The molecule has 0 radical (unpaired) electrons. The van der Waals surface area contributed by atoms with Crippen LogP contribution >= 0.6 is 0 Å². The molecule has 0 heterocycles. The van der Waals surface area contributed by atoms with E-state index in [1.54, 1.807) is 5.57 Å². The third kappa shape index (κ3) is 5.27. The molecule has 4 heteroatoms. The molecule has 3 aliphatic rings. The molecule has 5 atom stereocenters. The average molecular weight is 504 g/mol. The molecule has 0 saturated heterocycles. The molecule has 5 rings (SSSR count). The minimum atomic E-state index is 0.287. The predicted octanol–water partition coefficient (Wildman–Crippen LogP) is 7.22.